The number of H-pyrrole nitrogens is 1. The summed E-state index contributed by atoms with van der Waals surface area (Å²) in [4.78, 5) is 0. The molecule has 4 atom stereocenters. The van der Waals surface area contributed by atoms with Gasteiger partial charge in [-0.2, -0.15) is 5.10 Å². The lowest BCUT2D eigenvalue weighted by Gasteiger charge is -2.32. The van der Waals surface area contributed by atoms with Crippen molar-refractivity contribution in [1.82, 2.24) is 25.7 Å². The molecule has 2 aliphatic heterocycles. The van der Waals surface area contributed by atoms with E-state index in [1.807, 2.05) is 6.07 Å². The molecule has 7 nitrogen and oxygen atoms in total. The molecule has 2 aliphatic rings. The van der Waals surface area contributed by atoms with E-state index in [1.54, 1.807) is 36.7 Å². The highest BCUT2D eigenvalue weighted by Gasteiger charge is 2.43. The van der Waals surface area contributed by atoms with E-state index in [-0.39, 0.29) is 11.8 Å². The number of hydrogen-bond donors (Lipinski definition) is 3. The van der Waals surface area contributed by atoms with Crippen molar-refractivity contribution in [1.29, 1.82) is 0 Å². The predicted molar refractivity (Wildman–Crippen MR) is 101 cm³/mol. The van der Waals surface area contributed by atoms with Crippen molar-refractivity contribution < 1.29 is 14.2 Å². The Morgan fingerprint density at radius 3 is 2.79 bits per heavy atom. The van der Waals surface area contributed by atoms with Crippen LogP contribution in [0.25, 0.3) is 22.4 Å². The highest BCUT2D eigenvalue weighted by atomic mass is 19.1. The molecule has 2 bridgehead atoms. The minimum absolute atomic E-state index is 0.0976. The van der Waals surface area contributed by atoms with E-state index < -0.39 is 12.3 Å². The van der Waals surface area contributed by atoms with Gasteiger partial charge in [-0.15, -0.1) is 10.2 Å². The Morgan fingerprint density at radius 1 is 1.11 bits per heavy atom. The average Bonchev–Trinajstić information content (AvgIpc) is 3.37. The second-order valence-corrected chi connectivity index (χ2v) is 7.36. The number of nitrogens with one attached hydrogen (secondary N) is 2. The fraction of sp³-hybridized carbons (Fsp3) is 0.350. The number of benzene rings is 1. The molecule has 2 fully saturated rings. The third-order valence-electron chi connectivity index (χ3n) is 5.55. The topological polar surface area (TPSA) is 96.0 Å². The van der Waals surface area contributed by atoms with Crippen LogP contribution in [-0.2, 0) is 0 Å². The van der Waals surface area contributed by atoms with Crippen molar-refractivity contribution >= 4 is 0 Å². The minimum Gasteiger partial charge on any atom is -0.507 e. The van der Waals surface area contributed by atoms with E-state index >= 15 is 0 Å². The molecule has 3 aromatic rings. The number of halogens is 1. The van der Waals surface area contributed by atoms with Crippen molar-refractivity contribution in [3.63, 3.8) is 0 Å². The summed E-state index contributed by atoms with van der Waals surface area (Å²) in [5, 5.41) is 28.6. The number of ether oxygens (including phenoxy) is 1. The zero-order valence-corrected chi connectivity index (χ0v) is 15.0. The van der Waals surface area contributed by atoms with Gasteiger partial charge in [0.1, 0.15) is 11.9 Å². The van der Waals surface area contributed by atoms with Crippen LogP contribution in [-0.4, -0.2) is 49.9 Å². The Bertz CT molecular complexity index is 963. The number of alkyl halides is 1. The first kappa shape index (κ1) is 17.1. The van der Waals surface area contributed by atoms with Crippen molar-refractivity contribution in [2.75, 3.05) is 0 Å². The molecule has 0 radical (unpaired) electrons. The molecule has 0 aliphatic carbocycles. The molecule has 2 saturated heterocycles. The minimum atomic E-state index is -1.04. The lowest BCUT2D eigenvalue weighted by atomic mass is 10.0. The van der Waals surface area contributed by atoms with Gasteiger partial charge in [0, 0.05) is 41.9 Å². The number of aromatic hydroxyl groups is 1. The first-order valence-electron chi connectivity index (χ1n) is 9.40. The summed E-state index contributed by atoms with van der Waals surface area (Å²) < 4.78 is 20.3. The number of nitrogens with zero attached hydrogens (tertiary/aromatic N) is 3. The quantitative estimate of drug-likeness (QED) is 0.643. The normalized spacial score (nSPS) is 26.3. The molecule has 0 spiro atoms. The molecule has 28 heavy (non-hydrogen) atoms. The van der Waals surface area contributed by atoms with E-state index in [0.717, 1.165) is 24.0 Å². The van der Waals surface area contributed by atoms with Crippen LogP contribution in [0.1, 0.15) is 19.3 Å². The summed E-state index contributed by atoms with van der Waals surface area (Å²) in [6.07, 6.45) is 4.38. The summed E-state index contributed by atoms with van der Waals surface area (Å²) in [7, 11) is 0. The lowest BCUT2D eigenvalue weighted by Crippen LogP contribution is -2.51. The van der Waals surface area contributed by atoms with Gasteiger partial charge in [-0.1, -0.05) is 6.07 Å². The average molecular weight is 381 g/mol. The molecule has 0 saturated carbocycles. The van der Waals surface area contributed by atoms with Gasteiger partial charge in [-0.3, -0.25) is 5.10 Å². The van der Waals surface area contributed by atoms with Crippen LogP contribution in [0.5, 0.6) is 11.6 Å². The van der Waals surface area contributed by atoms with Gasteiger partial charge in [0.15, 0.2) is 6.17 Å². The van der Waals surface area contributed by atoms with E-state index in [9.17, 15) is 9.50 Å². The fourth-order valence-electron chi connectivity index (χ4n) is 4.09. The maximum Gasteiger partial charge on any atom is 0.233 e. The SMILES string of the molecule is Oc1cc(-c2cn[nH]c2)ccc1-c1ccc(O[C@H]2CC3CCC(N3)[C@@H]2F)nn1. The molecule has 2 aromatic heterocycles. The molecule has 144 valence electrons. The smallest absolute Gasteiger partial charge is 0.233 e. The Morgan fingerprint density at radius 2 is 2.04 bits per heavy atom. The number of phenols is 1. The van der Waals surface area contributed by atoms with E-state index in [4.69, 9.17) is 4.74 Å². The number of aromatic amines is 1. The Labute approximate surface area is 161 Å². The Hall–Kier alpha value is -3.00. The summed E-state index contributed by atoms with van der Waals surface area (Å²) in [6.45, 7) is 0. The van der Waals surface area contributed by atoms with E-state index in [2.05, 4.69) is 25.7 Å². The Kier molecular flexibility index (Phi) is 4.20. The van der Waals surface area contributed by atoms with Crippen LogP contribution < -0.4 is 10.1 Å². The van der Waals surface area contributed by atoms with Crippen molar-refractivity contribution in [3.05, 3.63) is 42.7 Å². The second kappa shape index (κ2) is 6.87. The first-order valence-corrected chi connectivity index (χ1v) is 9.40. The molecule has 1 aromatic carbocycles. The molecule has 2 unspecified atom stereocenters. The molecule has 5 rings (SSSR count). The number of piperidine rings is 1. The molecule has 8 heteroatoms. The van der Waals surface area contributed by atoms with Crippen LogP contribution in [0.4, 0.5) is 4.39 Å². The molecule has 3 N–H and O–H groups in total. The fourth-order valence-corrected chi connectivity index (χ4v) is 4.09. The third kappa shape index (κ3) is 3.09. The van der Waals surface area contributed by atoms with E-state index in [1.165, 1.54) is 0 Å². The number of hydrogen-bond acceptors (Lipinski definition) is 6. The van der Waals surface area contributed by atoms with Crippen LogP contribution in [0.3, 0.4) is 0 Å². The molecular formula is C20H20FN5O2. The van der Waals surface area contributed by atoms with Crippen LogP contribution in [0, 0.1) is 0 Å². The van der Waals surface area contributed by atoms with Gasteiger partial charge in [0.2, 0.25) is 5.88 Å². The highest BCUT2D eigenvalue weighted by molar-refractivity contribution is 5.73. The third-order valence-corrected chi connectivity index (χ3v) is 5.55. The molecular weight excluding hydrogens is 361 g/mol. The number of aromatic nitrogens is 4. The number of phenolic OH excluding ortho intramolecular Hbond substituents is 1. The zero-order chi connectivity index (χ0) is 19.1. The standard InChI is InChI=1S/C20H20FN5O2/c21-20-16-4-2-13(24-16)8-18(20)28-19-6-5-15(25-26-19)14-3-1-11(7-17(14)27)12-9-22-23-10-12/h1,3,5-7,9-10,13,16,18,20,24,27H,2,4,8H2,(H,22,23)/t13?,16?,18-,20-/m0/s1. The van der Waals surface area contributed by atoms with Gasteiger partial charge in [0.05, 0.1) is 11.9 Å². The Balaban J connectivity index is 1.32. The summed E-state index contributed by atoms with van der Waals surface area (Å²) in [6, 6.07) is 8.90. The highest BCUT2D eigenvalue weighted by Crippen LogP contribution is 2.34. The van der Waals surface area contributed by atoms with Gasteiger partial charge < -0.3 is 15.2 Å². The monoisotopic (exact) mass is 381 g/mol. The van der Waals surface area contributed by atoms with Crippen molar-refractivity contribution in [2.45, 2.75) is 43.6 Å². The number of rotatable bonds is 4. The summed E-state index contributed by atoms with van der Waals surface area (Å²) in [5.41, 5.74) is 2.81. The number of fused-ring (bicyclic) bond motifs is 2. The molecule has 0 amide bonds. The van der Waals surface area contributed by atoms with E-state index in [0.29, 0.717) is 29.6 Å². The largest absolute Gasteiger partial charge is 0.507 e. The maximum absolute atomic E-state index is 14.5. The van der Waals surface area contributed by atoms with Crippen LogP contribution >= 0.6 is 0 Å². The maximum atomic E-state index is 14.5. The van der Waals surface area contributed by atoms with Crippen molar-refractivity contribution in [3.8, 4) is 34.0 Å². The van der Waals surface area contributed by atoms with Gasteiger partial charge in [0.25, 0.3) is 0 Å². The summed E-state index contributed by atoms with van der Waals surface area (Å²) >= 11 is 0. The van der Waals surface area contributed by atoms with Gasteiger partial charge in [-0.05, 0) is 36.6 Å². The van der Waals surface area contributed by atoms with Gasteiger partial charge >= 0.3 is 0 Å². The van der Waals surface area contributed by atoms with Crippen LogP contribution in [0.15, 0.2) is 42.7 Å². The second-order valence-electron chi connectivity index (χ2n) is 7.36. The summed E-state index contributed by atoms with van der Waals surface area (Å²) in [5.74, 6) is 0.396. The lowest BCUT2D eigenvalue weighted by molar-refractivity contribution is 0.0422. The first-order chi connectivity index (χ1) is 13.7. The van der Waals surface area contributed by atoms with Gasteiger partial charge in [-0.25, -0.2) is 4.39 Å². The zero-order valence-electron chi connectivity index (χ0n) is 15.0. The predicted octanol–water partition coefficient (Wildman–Crippen LogP) is 2.85. The van der Waals surface area contributed by atoms with Crippen LogP contribution in [0.2, 0.25) is 0 Å². The van der Waals surface area contributed by atoms with Crippen molar-refractivity contribution in [2.24, 2.45) is 0 Å². The molecule has 4 heterocycles.